The molecule has 1 aromatic carbocycles. The van der Waals surface area contributed by atoms with Gasteiger partial charge in [0.1, 0.15) is 6.04 Å². The number of amides is 4. The zero-order chi connectivity index (χ0) is 37.7. The number of hydrogen-bond acceptors (Lipinski definition) is 7. The lowest BCUT2D eigenvalue weighted by atomic mass is 9.89. The van der Waals surface area contributed by atoms with Crippen molar-refractivity contribution in [2.75, 3.05) is 48.5 Å². The summed E-state index contributed by atoms with van der Waals surface area (Å²) in [6.45, 7) is 14.9. The lowest BCUT2D eigenvalue weighted by Crippen LogP contribution is -2.59. The topological polar surface area (TPSA) is 121 Å². The first-order valence-corrected chi connectivity index (χ1v) is 18.5. The van der Waals surface area contributed by atoms with Crippen LogP contribution in [-0.2, 0) is 35.1 Å². The van der Waals surface area contributed by atoms with E-state index in [2.05, 4.69) is 24.5 Å². The van der Waals surface area contributed by atoms with Crippen LogP contribution in [0.3, 0.4) is 0 Å². The van der Waals surface area contributed by atoms with Gasteiger partial charge in [-0.15, -0.1) is 0 Å². The molecule has 11 nitrogen and oxygen atoms in total. The van der Waals surface area contributed by atoms with E-state index in [-0.39, 0.29) is 59.9 Å². The molecule has 1 heterocycles. The Labute approximate surface area is 302 Å². The highest BCUT2D eigenvalue weighted by Crippen LogP contribution is 2.29. The molecule has 1 fully saturated rings. The highest BCUT2D eigenvalue weighted by Gasteiger charge is 2.43. The second-order valence-electron chi connectivity index (χ2n) is 15.0. The van der Waals surface area contributed by atoms with E-state index in [1.807, 2.05) is 88.8 Å². The summed E-state index contributed by atoms with van der Waals surface area (Å²) >= 11 is 0. The van der Waals surface area contributed by atoms with E-state index in [1.54, 1.807) is 26.2 Å². The fourth-order valence-electron chi connectivity index (χ4n) is 7.55. The van der Waals surface area contributed by atoms with Gasteiger partial charge in [0.05, 0.1) is 42.7 Å². The number of benzene rings is 1. The number of hydrogen-bond donors (Lipinski definition) is 2. The number of likely N-dealkylation sites (N-methyl/N-ethyl adjacent to an activating group) is 2. The minimum atomic E-state index is -0.737. The van der Waals surface area contributed by atoms with Gasteiger partial charge in [0.15, 0.2) is 0 Å². The van der Waals surface area contributed by atoms with E-state index in [9.17, 15) is 19.2 Å². The van der Waals surface area contributed by atoms with Crippen molar-refractivity contribution >= 4 is 23.6 Å². The predicted molar refractivity (Wildman–Crippen MR) is 198 cm³/mol. The van der Waals surface area contributed by atoms with Gasteiger partial charge < -0.3 is 29.9 Å². The van der Waals surface area contributed by atoms with Crippen molar-refractivity contribution in [2.24, 2.45) is 23.7 Å². The molecule has 1 saturated heterocycles. The minimum absolute atomic E-state index is 0.0103. The van der Waals surface area contributed by atoms with Crippen molar-refractivity contribution in [3.8, 4) is 0 Å². The molecule has 0 bridgehead atoms. The lowest BCUT2D eigenvalue weighted by Gasteiger charge is -2.41. The number of ether oxygens (including phenoxy) is 2. The van der Waals surface area contributed by atoms with E-state index in [0.717, 1.165) is 31.2 Å². The number of nitrogens with zero attached hydrogens (tertiary/aromatic N) is 3. The fourth-order valence-corrected chi connectivity index (χ4v) is 7.55. The Bertz CT molecular complexity index is 1200. The summed E-state index contributed by atoms with van der Waals surface area (Å²) in [7, 11) is 8.66. The van der Waals surface area contributed by atoms with Gasteiger partial charge in [0.2, 0.25) is 23.6 Å². The zero-order valence-electron chi connectivity index (χ0n) is 32.9. The summed E-state index contributed by atoms with van der Waals surface area (Å²) in [4.78, 5) is 60.3. The van der Waals surface area contributed by atoms with E-state index in [4.69, 9.17) is 9.47 Å². The van der Waals surface area contributed by atoms with Crippen LogP contribution in [0, 0.1) is 23.7 Å². The second kappa shape index (κ2) is 20.7. The monoisotopic (exact) mass is 702 g/mol. The SMILES string of the molecule is CC[C@@H](C)[C@@H]([C@H](CC(=O)N1CCC[C@H]1[C@H](OC)[C@H](C)C(=O)NCCc1ccccc1)OC)N(C)C(=O)[C@@H](NC(=O)[C@H](C(C)C)N(C)C)C(C)C. The number of methoxy groups -OCH3 is 2. The van der Waals surface area contributed by atoms with Crippen LogP contribution in [0.2, 0.25) is 0 Å². The number of nitrogens with one attached hydrogen (secondary N) is 2. The van der Waals surface area contributed by atoms with Gasteiger partial charge in [-0.2, -0.15) is 0 Å². The Hall–Kier alpha value is -3.02. The maximum atomic E-state index is 14.2. The molecule has 1 aromatic rings. The molecule has 284 valence electrons. The average molecular weight is 702 g/mol. The highest BCUT2D eigenvalue weighted by molar-refractivity contribution is 5.90. The normalized spacial score (nSPS) is 19.1. The first-order valence-electron chi connectivity index (χ1n) is 18.5. The molecule has 0 aromatic heterocycles. The van der Waals surface area contributed by atoms with Crippen LogP contribution in [0.1, 0.15) is 79.7 Å². The standard InChI is InChI=1S/C39H67N5O6/c1-13-27(6)35(43(10)39(48)33(25(2)3)41-38(47)34(26(4)5)42(8)9)31(49-11)24-32(45)44-23-17-20-30(44)36(50-12)28(7)37(46)40-22-21-29-18-15-14-16-19-29/h14-16,18-19,25-28,30-31,33-36H,13,17,20-24H2,1-12H3,(H,40,46)(H,41,47)/t27-,28+,30+,31+,33+,34+,35+,36-/m1/s1. The van der Waals surface area contributed by atoms with E-state index in [1.165, 1.54) is 0 Å². The van der Waals surface area contributed by atoms with Gasteiger partial charge in [0.25, 0.3) is 0 Å². The van der Waals surface area contributed by atoms with Gasteiger partial charge in [-0.25, -0.2) is 0 Å². The molecule has 0 aliphatic carbocycles. The van der Waals surface area contributed by atoms with E-state index in [0.29, 0.717) is 13.1 Å². The molecule has 0 saturated carbocycles. The first kappa shape index (κ1) is 43.1. The van der Waals surface area contributed by atoms with Gasteiger partial charge in [0, 0.05) is 34.4 Å². The number of carbonyl (C=O) groups is 4. The quantitative estimate of drug-likeness (QED) is 0.211. The summed E-state index contributed by atoms with van der Waals surface area (Å²) in [6.07, 6.45) is 2.06. The molecule has 2 rings (SSSR count). The van der Waals surface area contributed by atoms with Crippen LogP contribution in [0.25, 0.3) is 0 Å². The van der Waals surface area contributed by atoms with Crippen molar-refractivity contribution in [3.63, 3.8) is 0 Å². The largest absolute Gasteiger partial charge is 0.379 e. The highest BCUT2D eigenvalue weighted by atomic mass is 16.5. The van der Waals surface area contributed by atoms with Crippen molar-refractivity contribution in [2.45, 2.75) is 117 Å². The van der Waals surface area contributed by atoms with Gasteiger partial charge in [-0.05, 0) is 56.7 Å². The number of carbonyl (C=O) groups excluding carboxylic acids is 4. The Balaban J connectivity index is 2.21. The van der Waals surface area contributed by atoms with Gasteiger partial charge in [-0.1, -0.05) is 85.2 Å². The Morgan fingerprint density at radius 3 is 2.08 bits per heavy atom. The molecular formula is C39H67N5O6. The van der Waals surface area contributed by atoms with Crippen LogP contribution >= 0.6 is 0 Å². The van der Waals surface area contributed by atoms with Crippen molar-refractivity contribution in [3.05, 3.63) is 35.9 Å². The first-order chi connectivity index (χ1) is 23.6. The molecule has 50 heavy (non-hydrogen) atoms. The van der Waals surface area contributed by atoms with E-state index >= 15 is 0 Å². The molecule has 2 N–H and O–H groups in total. The Morgan fingerprint density at radius 2 is 1.56 bits per heavy atom. The maximum Gasteiger partial charge on any atom is 0.245 e. The molecular weight excluding hydrogens is 634 g/mol. The molecule has 0 spiro atoms. The van der Waals surface area contributed by atoms with E-state index < -0.39 is 30.2 Å². The summed E-state index contributed by atoms with van der Waals surface area (Å²) < 4.78 is 11.9. The third-order valence-corrected chi connectivity index (χ3v) is 10.5. The molecule has 8 atom stereocenters. The molecule has 4 amide bonds. The van der Waals surface area contributed by atoms with Crippen LogP contribution in [-0.4, -0.2) is 123 Å². The minimum Gasteiger partial charge on any atom is -0.379 e. The van der Waals surface area contributed by atoms with Crippen LogP contribution in [0.5, 0.6) is 0 Å². The lowest BCUT2D eigenvalue weighted by molar-refractivity contribution is -0.148. The Morgan fingerprint density at radius 1 is 0.920 bits per heavy atom. The average Bonchev–Trinajstić information content (AvgIpc) is 3.56. The number of rotatable bonds is 20. The Kier molecular flexibility index (Phi) is 17.9. The molecule has 0 unspecified atom stereocenters. The molecule has 0 radical (unpaired) electrons. The van der Waals surface area contributed by atoms with Crippen molar-refractivity contribution in [1.82, 2.24) is 25.3 Å². The third-order valence-electron chi connectivity index (χ3n) is 10.5. The maximum absolute atomic E-state index is 14.2. The van der Waals surface area contributed by atoms with Crippen molar-refractivity contribution < 1.29 is 28.7 Å². The smallest absolute Gasteiger partial charge is 0.245 e. The third kappa shape index (κ3) is 11.5. The predicted octanol–water partition coefficient (Wildman–Crippen LogP) is 3.99. The van der Waals surface area contributed by atoms with Crippen LogP contribution in [0.15, 0.2) is 30.3 Å². The summed E-state index contributed by atoms with van der Waals surface area (Å²) in [6, 6.07) is 8.23. The molecule has 1 aliphatic heterocycles. The second-order valence-corrected chi connectivity index (χ2v) is 15.0. The molecule has 1 aliphatic rings. The summed E-state index contributed by atoms with van der Waals surface area (Å²) in [5.74, 6) is -1.13. The number of likely N-dealkylation sites (tertiary alicyclic amines) is 1. The van der Waals surface area contributed by atoms with Crippen LogP contribution in [0.4, 0.5) is 0 Å². The van der Waals surface area contributed by atoms with Crippen molar-refractivity contribution in [1.29, 1.82) is 0 Å². The zero-order valence-corrected chi connectivity index (χ0v) is 32.9. The molecule has 11 heteroatoms. The summed E-state index contributed by atoms with van der Waals surface area (Å²) in [5.41, 5.74) is 1.15. The summed E-state index contributed by atoms with van der Waals surface area (Å²) in [5, 5.41) is 6.09. The fraction of sp³-hybridized carbons (Fsp3) is 0.744. The van der Waals surface area contributed by atoms with Crippen LogP contribution < -0.4 is 10.6 Å². The van der Waals surface area contributed by atoms with Gasteiger partial charge >= 0.3 is 0 Å². The van der Waals surface area contributed by atoms with Gasteiger partial charge in [-0.3, -0.25) is 24.1 Å².